The lowest BCUT2D eigenvalue weighted by Gasteiger charge is -2.15. The minimum absolute atomic E-state index is 0.0934. The summed E-state index contributed by atoms with van der Waals surface area (Å²) in [7, 11) is 0. The predicted molar refractivity (Wildman–Crippen MR) is 88.5 cm³/mol. The molecule has 0 aliphatic rings. The lowest BCUT2D eigenvalue weighted by Crippen LogP contribution is -2.08. The maximum Gasteiger partial charge on any atom is 0.349 e. The highest BCUT2D eigenvalue weighted by atomic mass is 79.9. The number of halogens is 1. The van der Waals surface area contributed by atoms with Gasteiger partial charge in [0.05, 0.1) is 0 Å². The second-order valence-electron chi connectivity index (χ2n) is 5.74. The Morgan fingerprint density at radius 1 is 1.33 bits per heavy atom. The monoisotopic (exact) mass is 368 g/mol. The van der Waals surface area contributed by atoms with Gasteiger partial charge in [-0.1, -0.05) is 54.9 Å². The van der Waals surface area contributed by atoms with Crippen molar-refractivity contribution in [3.63, 3.8) is 0 Å². The molecule has 1 N–H and O–H groups in total. The maximum atomic E-state index is 11.4. The summed E-state index contributed by atoms with van der Waals surface area (Å²) in [6.45, 7) is 6.51. The van der Waals surface area contributed by atoms with Crippen LogP contribution in [0.15, 0.2) is 34.8 Å². The van der Waals surface area contributed by atoms with E-state index in [9.17, 15) is 9.90 Å². The van der Waals surface area contributed by atoms with E-state index >= 15 is 0 Å². The van der Waals surface area contributed by atoms with Gasteiger partial charge in [-0.2, -0.15) is 0 Å². The van der Waals surface area contributed by atoms with Gasteiger partial charge < -0.3 is 9.84 Å². The minimum atomic E-state index is -0.947. The van der Waals surface area contributed by atoms with Crippen LogP contribution in [0.2, 0.25) is 0 Å². The molecule has 3 nitrogen and oxygen atoms in total. The fraction of sp³-hybridized carbons (Fsp3) is 0.312. The van der Waals surface area contributed by atoms with Gasteiger partial charge in [-0.25, -0.2) is 4.79 Å². The molecule has 0 unspecified atom stereocenters. The van der Waals surface area contributed by atoms with Crippen LogP contribution in [0.1, 0.15) is 40.9 Å². The van der Waals surface area contributed by atoms with E-state index in [2.05, 4.69) is 36.7 Å². The molecule has 2 aromatic rings. The summed E-state index contributed by atoms with van der Waals surface area (Å²) in [5, 5.41) is 9.32. The van der Waals surface area contributed by atoms with Crippen molar-refractivity contribution in [2.45, 2.75) is 32.8 Å². The van der Waals surface area contributed by atoms with Gasteiger partial charge >= 0.3 is 5.97 Å². The Morgan fingerprint density at radius 3 is 2.57 bits per heavy atom. The maximum absolute atomic E-state index is 11.4. The highest BCUT2D eigenvalue weighted by Gasteiger charge is 2.23. The first kappa shape index (κ1) is 16.0. The van der Waals surface area contributed by atoms with Gasteiger partial charge in [-0.3, -0.25) is 0 Å². The van der Waals surface area contributed by atoms with E-state index in [-0.39, 0.29) is 10.3 Å². The van der Waals surface area contributed by atoms with Gasteiger partial charge in [-0.05, 0) is 17.5 Å². The van der Waals surface area contributed by atoms with Crippen LogP contribution in [0.5, 0.6) is 5.75 Å². The summed E-state index contributed by atoms with van der Waals surface area (Å²) < 4.78 is 6.69. The third kappa shape index (κ3) is 3.86. The van der Waals surface area contributed by atoms with Crippen molar-refractivity contribution >= 4 is 33.2 Å². The first-order chi connectivity index (χ1) is 9.79. The predicted octanol–water partition coefficient (Wildman–Crippen LogP) is 5.09. The molecule has 0 aliphatic carbocycles. The van der Waals surface area contributed by atoms with E-state index in [0.29, 0.717) is 12.4 Å². The molecule has 21 heavy (non-hydrogen) atoms. The Morgan fingerprint density at radius 2 is 2.00 bits per heavy atom. The molecule has 0 aliphatic heterocycles. The zero-order chi connectivity index (χ0) is 15.6. The average Bonchev–Trinajstić information content (AvgIpc) is 2.82. The lowest BCUT2D eigenvalue weighted by molar-refractivity contribution is 0.0697. The normalized spacial score (nSPS) is 11.4. The van der Waals surface area contributed by atoms with Crippen LogP contribution in [0, 0.1) is 0 Å². The highest BCUT2D eigenvalue weighted by Crippen LogP contribution is 2.37. The molecule has 0 amide bonds. The van der Waals surface area contributed by atoms with Crippen LogP contribution in [0.4, 0.5) is 0 Å². The molecular weight excluding hydrogens is 352 g/mol. The van der Waals surface area contributed by atoms with Crippen molar-refractivity contribution in [1.29, 1.82) is 0 Å². The number of hydrogen-bond acceptors (Lipinski definition) is 3. The molecule has 0 spiro atoms. The smallest absolute Gasteiger partial charge is 0.349 e. The summed E-state index contributed by atoms with van der Waals surface area (Å²) >= 11 is 4.74. The fourth-order valence-electron chi connectivity index (χ4n) is 1.77. The SMILES string of the molecule is CC(C)(C)c1cc(OCc2ccccc2Br)c(C(=O)O)s1. The van der Waals surface area contributed by atoms with Gasteiger partial charge in [0.2, 0.25) is 0 Å². The summed E-state index contributed by atoms with van der Waals surface area (Å²) in [5.41, 5.74) is 0.890. The van der Waals surface area contributed by atoms with Gasteiger partial charge in [0, 0.05) is 14.9 Å². The molecule has 0 bridgehead atoms. The topological polar surface area (TPSA) is 46.5 Å². The molecule has 0 saturated carbocycles. The molecule has 1 aromatic heterocycles. The van der Waals surface area contributed by atoms with Crippen molar-refractivity contribution in [3.8, 4) is 5.75 Å². The second kappa shape index (κ2) is 6.20. The van der Waals surface area contributed by atoms with Crippen LogP contribution >= 0.6 is 27.3 Å². The van der Waals surface area contributed by atoms with Gasteiger partial charge in [-0.15, -0.1) is 11.3 Å². The second-order valence-corrected chi connectivity index (χ2v) is 7.65. The first-order valence-corrected chi connectivity index (χ1v) is 8.14. The van der Waals surface area contributed by atoms with Gasteiger partial charge in [0.25, 0.3) is 0 Å². The lowest BCUT2D eigenvalue weighted by atomic mass is 9.95. The number of hydrogen-bond donors (Lipinski definition) is 1. The number of thiophene rings is 1. The number of benzene rings is 1. The van der Waals surface area contributed by atoms with Crippen molar-refractivity contribution in [2.24, 2.45) is 0 Å². The molecular formula is C16H17BrO3S. The van der Waals surface area contributed by atoms with Crippen molar-refractivity contribution in [1.82, 2.24) is 0 Å². The number of carboxylic acid groups (broad SMARTS) is 1. The van der Waals surface area contributed by atoms with Crippen molar-refractivity contribution < 1.29 is 14.6 Å². The highest BCUT2D eigenvalue weighted by molar-refractivity contribution is 9.10. The van der Waals surface area contributed by atoms with E-state index in [1.165, 1.54) is 11.3 Å². The van der Waals surface area contributed by atoms with E-state index < -0.39 is 5.97 Å². The molecule has 0 radical (unpaired) electrons. The number of aromatic carboxylic acids is 1. The van der Waals surface area contributed by atoms with Gasteiger partial charge in [0.1, 0.15) is 12.4 Å². The van der Waals surface area contributed by atoms with E-state index in [1.54, 1.807) is 0 Å². The number of carbonyl (C=O) groups is 1. The zero-order valence-electron chi connectivity index (χ0n) is 12.1. The molecule has 0 fully saturated rings. The quantitative estimate of drug-likeness (QED) is 0.817. The zero-order valence-corrected chi connectivity index (χ0v) is 14.5. The molecule has 2 rings (SSSR count). The van der Waals surface area contributed by atoms with E-state index in [0.717, 1.165) is 14.9 Å². The summed E-state index contributed by atoms with van der Waals surface area (Å²) in [6, 6.07) is 9.58. The first-order valence-electron chi connectivity index (χ1n) is 6.53. The van der Waals surface area contributed by atoms with Crippen molar-refractivity contribution in [3.05, 3.63) is 50.1 Å². The summed E-state index contributed by atoms with van der Waals surface area (Å²) in [6.07, 6.45) is 0. The van der Waals surface area contributed by atoms with Crippen LogP contribution in [-0.2, 0) is 12.0 Å². The Bertz CT molecular complexity index is 656. The van der Waals surface area contributed by atoms with Crippen LogP contribution in [0.25, 0.3) is 0 Å². The molecule has 1 heterocycles. The number of carboxylic acids is 1. The molecule has 1 aromatic carbocycles. The summed E-state index contributed by atoms with van der Waals surface area (Å²) in [4.78, 5) is 12.6. The molecule has 0 saturated heterocycles. The summed E-state index contributed by atoms with van der Waals surface area (Å²) in [5.74, 6) is -0.509. The standard InChI is InChI=1S/C16H17BrO3S/c1-16(2,3)13-8-12(14(21-13)15(18)19)20-9-10-6-4-5-7-11(10)17/h4-8H,9H2,1-3H3,(H,18,19). The Kier molecular flexibility index (Phi) is 4.74. The van der Waals surface area contributed by atoms with Crippen LogP contribution in [0.3, 0.4) is 0 Å². The van der Waals surface area contributed by atoms with E-state index in [4.69, 9.17) is 4.74 Å². The van der Waals surface area contributed by atoms with Crippen LogP contribution < -0.4 is 4.74 Å². The average molecular weight is 369 g/mol. The largest absolute Gasteiger partial charge is 0.487 e. The third-order valence-electron chi connectivity index (χ3n) is 2.97. The molecule has 5 heteroatoms. The number of rotatable bonds is 4. The minimum Gasteiger partial charge on any atom is -0.487 e. The van der Waals surface area contributed by atoms with E-state index in [1.807, 2.05) is 30.3 Å². The van der Waals surface area contributed by atoms with Crippen molar-refractivity contribution in [2.75, 3.05) is 0 Å². The molecule has 0 atom stereocenters. The van der Waals surface area contributed by atoms with Gasteiger partial charge in [0.15, 0.2) is 4.88 Å². The van der Waals surface area contributed by atoms with Crippen LogP contribution in [-0.4, -0.2) is 11.1 Å². The third-order valence-corrected chi connectivity index (χ3v) is 5.28. The Hall–Kier alpha value is -1.33. The number of ether oxygens (including phenoxy) is 1. The fourth-order valence-corrected chi connectivity index (χ4v) is 3.17. The Labute approximate surface area is 136 Å². The molecule has 112 valence electrons. The Balaban J connectivity index is 2.25.